The van der Waals surface area contributed by atoms with Crippen molar-refractivity contribution in [1.82, 2.24) is 4.90 Å². The third-order valence-corrected chi connectivity index (χ3v) is 4.18. The maximum atomic E-state index is 5.38. The van der Waals surface area contributed by atoms with E-state index in [1.807, 2.05) is 6.07 Å². The SMILES string of the molecule is COc1cccc(C2CN(C)CCc3ccccc32)c1. The molecule has 2 heteroatoms. The van der Waals surface area contributed by atoms with E-state index in [1.165, 1.54) is 16.7 Å². The zero-order valence-corrected chi connectivity index (χ0v) is 12.2. The molecule has 2 aromatic carbocycles. The Bertz CT molecular complexity index is 593. The molecular formula is C18H21NO. The Kier molecular flexibility index (Phi) is 3.75. The van der Waals surface area contributed by atoms with Gasteiger partial charge in [0.15, 0.2) is 0 Å². The van der Waals surface area contributed by atoms with Gasteiger partial charge in [-0.15, -0.1) is 0 Å². The van der Waals surface area contributed by atoms with Crippen LogP contribution in [0.5, 0.6) is 5.75 Å². The van der Waals surface area contributed by atoms with Crippen LogP contribution in [0.25, 0.3) is 0 Å². The van der Waals surface area contributed by atoms with Crippen LogP contribution >= 0.6 is 0 Å². The van der Waals surface area contributed by atoms with E-state index in [1.54, 1.807) is 7.11 Å². The van der Waals surface area contributed by atoms with Gasteiger partial charge >= 0.3 is 0 Å². The van der Waals surface area contributed by atoms with Crippen molar-refractivity contribution < 1.29 is 4.74 Å². The lowest BCUT2D eigenvalue weighted by atomic mass is 9.88. The Hall–Kier alpha value is -1.80. The van der Waals surface area contributed by atoms with Gasteiger partial charge in [-0.3, -0.25) is 0 Å². The van der Waals surface area contributed by atoms with E-state index in [0.29, 0.717) is 5.92 Å². The molecule has 2 aromatic rings. The first kappa shape index (κ1) is 13.2. The van der Waals surface area contributed by atoms with Crippen molar-refractivity contribution in [2.75, 3.05) is 27.2 Å². The van der Waals surface area contributed by atoms with Crippen molar-refractivity contribution >= 4 is 0 Å². The Morgan fingerprint density at radius 1 is 1.10 bits per heavy atom. The highest BCUT2D eigenvalue weighted by Gasteiger charge is 2.22. The Morgan fingerprint density at radius 3 is 2.80 bits per heavy atom. The predicted molar refractivity (Wildman–Crippen MR) is 82.5 cm³/mol. The largest absolute Gasteiger partial charge is 0.497 e. The number of fused-ring (bicyclic) bond motifs is 1. The first-order valence-electron chi connectivity index (χ1n) is 7.18. The third-order valence-electron chi connectivity index (χ3n) is 4.18. The molecule has 1 aliphatic heterocycles. The van der Waals surface area contributed by atoms with E-state index >= 15 is 0 Å². The molecule has 104 valence electrons. The van der Waals surface area contributed by atoms with Crippen molar-refractivity contribution in [3.05, 3.63) is 65.2 Å². The molecule has 0 spiro atoms. The van der Waals surface area contributed by atoms with Crippen LogP contribution in [0.4, 0.5) is 0 Å². The fourth-order valence-electron chi connectivity index (χ4n) is 3.06. The van der Waals surface area contributed by atoms with Gasteiger partial charge in [0.25, 0.3) is 0 Å². The van der Waals surface area contributed by atoms with Crippen molar-refractivity contribution in [2.45, 2.75) is 12.3 Å². The van der Waals surface area contributed by atoms with Crippen LogP contribution in [0.3, 0.4) is 0 Å². The van der Waals surface area contributed by atoms with E-state index in [2.05, 4.69) is 54.4 Å². The van der Waals surface area contributed by atoms with Crippen molar-refractivity contribution in [3.8, 4) is 5.75 Å². The van der Waals surface area contributed by atoms with Gasteiger partial charge in [-0.2, -0.15) is 0 Å². The highest BCUT2D eigenvalue weighted by atomic mass is 16.5. The number of benzene rings is 2. The van der Waals surface area contributed by atoms with Gasteiger partial charge in [-0.1, -0.05) is 36.4 Å². The second-order valence-corrected chi connectivity index (χ2v) is 5.54. The number of hydrogen-bond donors (Lipinski definition) is 0. The Morgan fingerprint density at radius 2 is 1.95 bits per heavy atom. The highest BCUT2D eigenvalue weighted by Crippen LogP contribution is 2.32. The van der Waals surface area contributed by atoms with Crippen LogP contribution in [0.2, 0.25) is 0 Å². The average molecular weight is 267 g/mol. The molecule has 0 fully saturated rings. The van der Waals surface area contributed by atoms with Crippen molar-refractivity contribution in [2.24, 2.45) is 0 Å². The molecule has 2 nitrogen and oxygen atoms in total. The quantitative estimate of drug-likeness (QED) is 0.827. The summed E-state index contributed by atoms with van der Waals surface area (Å²) in [7, 11) is 3.94. The fraction of sp³-hybridized carbons (Fsp3) is 0.333. The molecule has 0 bridgehead atoms. The lowest BCUT2D eigenvalue weighted by Gasteiger charge is -2.22. The fourth-order valence-corrected chi connectivity index (χ4v) is 3.06. The number of methoxy groups -OCH3 is 1. The maximum Gasteiger partial charge on any atom is 0.119 e. The second-order valence-electron chi connectivity index (χ2n) is 5.54. The summed E-state index contributed by atoms with van der Waals surface area (Å²) in [6, 6.07) is 17.3. The average Bonchev–Trinajstić information content (AvgIpc) is 2.67. The molecule has 1 aliphatic rings. The molecule has 1 atom stereocenters. The molecule has 3 rings (SSSR count). The smallest absolute Gasteiger partial charge is 0.119 e. The normalized spacial score (nSPS) is 19.2. The summed E-state index contributed by atoms with van der Waals surface area (Å²) >= 11 is 0. The molecular weight excluding hydrogens is 246 g/mol. The number of ether oxygens (including phenoxy) is 1. The topological polar surface area (TPSA) is 12.5 Å². The number of rotatable bonds is 2. The van der Waals surface area contributed by atoms with Gasteiger partial charge in [0.1, 0.15) is 5.75 Å². The predicted octanol–water partition coefficient (Wildman–Crippen LogP) is 3.32. The zero-order chi connectivity index (χ0) is 13.9. The van der Waals surface area contributed by atoms with E-state index < -0.39 is 0 Å². The molecule has 0 N–H and O–H groups in total. The van der Waals surface area contributed by atoms with Gasteiger partial charge in [0.2, 0.25) is 0 Å². The van der Waals surface area contributed by atoms with Gasteiger partial charge in [0, 0.05) is 19.0 Å². The van der Waals surface area contributed by atoms with E-state index in [0.717, 1.165) is 25.3 Å². The van der Waals surface area contributed by atoms with E-state index in [9.17, 15) is 0 Å². The number of nitrogens with zero attached hydrogens (tertiary/aromatic N) is 1. The summed E-state index contributed by atoms with van der Waals surface area (Å²) in [5, 5.41) is 0. The molecule has 0 radical (unpaired) electrons. The standard InChI is InChI=1S/C18H21NO/c1-19-11-10-14-6-3-4-9-17(14)18(13-19)15-7-5-8-16(12-15)20-2/h3-9,12,18H,10-11,13H2,1-2H3. The van der Waals surface area contributed by atoms with Gasteiger partial charge in [0.05, 0.1) is 7.11 Å². The minimum absolute atomic E-state index is 0.425. The summed E-state index contributed by atoms with van der Waals surface area (Å²) in [5.41, 5.74) is 4.28. The first-order chi connectivity index (χ1) is 9.78. The molecule has 20 heavy (non-hydrogen) atoms. The van der Waals surface area contributed by atoms with Gasteiger partial charge in [-0.25, -0.2) is 0 Å². The van der Waals surface area contributed by atoms with Crippen LogP contribution in [0, 0.1) is 0 Å². The van der Waals surface area contributed by atoms with Crippen LogP contribution in [0.15, 0.2) is 48.5 Å². The van der Waals surface area contributed by atoms with Crippen molar-refractivity contribution in [1.29, 1.82) is 0 Å². The second kappa shape index (κ2) is 5.68. The van der Waals surface area contributed by atoms with Crippen LogP contribution < -0.4 is 4.74 Å². The number of likely N-dealkylation sites (N-methyl/N-ethyl adjacent to an activating group) is 1. The number of hydrogen-bond acceptors (Lipinski definition) is 2. The zero-order valence-electron chi connectivity index (χ0n) is 12.2. The van der Waals surface area contributed by atoms with Gasteiger partial charge < -0.3 is 9.64 Å². The van der Waals surface area contributed by atoms with E-state index in [-0.39, 0.29) is 0 Å². The molecule has 1 heterocycles. The lowest BCUT2D eigenvalue weighted by molar-refractivity contribution is 0.337. The molecule has 0 aliphatic carbocycles. The molecule has 0 saturated heterocycles. The van der Waals surface area contributed by atoms with Crippen LogP contribution in [-0.4, -0.2) is 32.1 Å². The van der Waals surface area contributed by atoms with E-state index in [4.69, 9.17) is 4.74 Å². The Balaban J connectivity index is 2.05. The minimum atomic E-state index is 0.425. The molecule has 0 aromatic heterocycles. The summed E-state index contributed by atoms with van der Waals surface area (Å²) in [6.07, 6.45) is 1.13. The van der Waals surface area contributed by atoms with Crippen LogP contribution in [-0.2, 0) is 6.42 Å². The summed E-state index contributed by atoms with van der Waals surface area (Å²) in [4.78, 5) is 2.42. The molecule has 0 amide bonds. The first-order valence-corrected chi connectivity index (χ1v) is 7.18. The maximum absolute atomic E-state index is 5.38. The minimum Gasteiger partial charge on any atom is -0.497 e. The summed E-state index contributed by atoms with van der Waals surface area (Å²) < 4.78 is 5.38. The van der Waals surface area contributed by atoms with Gasteiger partial charge in [-0.05, 0) is 42.3 Å². The molecule has 1 unspecified atom stereocenters. The monoisotopic (exact) mass is 267 g/mol. The summed E-state index contributed by atoms with van der Waals surface area (Å²) in [6.45, 7) is 2.18. The lowest BCUT2D eigenvalue weighted by Crippen LogP contribution is -2.24. The highest BCUT2D eigenvalue weighted by molar-refractivity contribution is 5.42. The Labute approximate surface area is 121 Å². The van der Waals surface area contributed by atoms with Crippen molar-refractivity contribution in [3.63, 3.8) is 0 Å². The third kappa shape index (κ3) is 2.56. The summed E-state index contributed by atoms with van der Waals surface area (Å²) in [5.74, 6) is 1.36. The molecule has 0 saturated carbocycles. The van der Waals surface area contributed by atoms with Crippen LogP contribution in [0.1, 0.15) is 22.6 Å².